The lowest BCUT2D eigenvalue weighted by molar-refractivity contribution is 0.377. The van der Waals surface area contributed by atoms with Gasteiger partial charge < -0.3 is 4.74 Å². The molecular weight excluding hydrogens is 203 g/mol. The third kappa shape index (κ3) is 1.72. The maximum absolute atomic E-state index is 13.0. The summed E-state index contributed by atoms with van der Waals surface area (Å²) in [5.74, 6) is -0.209. The predicted molar refractivity (Wildman–Crippen MR) is 59.4 cm³/mol. The molecule has 0 amide bonds. The van der Waals surface area contributed by atoms with Crippen LogP contribution in [0.15, 0.2) is 54.6 Å². The van der Waals surface area contributed by atoms with E-state index in [1.807, 2.05) is 36.4 Å². The number of hydrogen-bond donors (Lipinski definition) is 0. The van der Waals surface area contributed by atoms with Crippen LogP contribution >= 0.6 is 0 Å². The van der Waals surface area contributed by atoms with Crippen molar-refractivity contribution < 1.29 is 9.13 Å². The first-order chi connectivity index (χ1) is 7.84. The van der Waals surface area contributed by atoms with Gasteiger partial charge in [-0.3, -0.25) is 0 Å². The van der Waals surface area contributed by atoms with Crippen LogP contribution in [0.3, 0.4) is 0 Å². The Morgan fingerprint density at radius 2 is 1.50 bits per heavy atom. The van der Waals surface area contributed by atoms with Crippen LogP contribution in [0.5, 0.6) is 0 Å². The summed E-state index contributed by atoms with van der Waals surface area (Å²) in [6.45, 7) is 0. The molecule has 0 bridgehead atoms. The van der Waals surface area contributed by atoms with Crippen molar-refractivity contribution >= 4 is 0 Å². The summed E-state index contributed by atoms with van der Waals surface area (Å²) in [4.78, 5) is 0. The van der Waals surface area contributed by atoms with Gasteiger partial charge >= 0.3 is 0 Å². The van der Waals surface area contributed by atoms with Crippen molar-refractivity contribution in [3.05, 3.63) is 71.5 Å². The van der Waals surface area contributed by atoms with Crippen molar-refractivity contribution in [2.24, 2.45) is 0 Å². The number of benzene rings is 2. The fourth-order valence-corrected chi connectivity index (χ4v) is 1.95. The average molecular weight is 214 g/mol. The van der Waals surface area contributed by atoms with Crippen molar-refractivity contribution in [3.8, 4) is 0 Å². The third-order valence-corrected chi connectivity index (χ3v) is 2.80. The van der Waals surface area contributed by atoms with Gasteiger partial charge in [0.15, 0.2) is 0 Å². The summed E-state index contributed by atoms with van der Waals surface area (Å²) in [6.07, 6.45) is 0.0982. The molecule has 2 unspecified atom stereocenters. The van der Waals surface area contributed by atoms with Crippen LogP contribution < -0.4 is 0 Å². The van der Waals surface area contributed by atoms with Gasteiger partial charge in [0.1, 0.15) is 18.0 Å². The summed E-state index contributed by atoms with van der Waals surface area (Å²) in [5, 5.41) is 0. The van der Waals surface area contributed by atoms with Gasteiger partial charge in [-0.05, 0) is 23.3 Å². The minimum absolute atomic E-state index is 0.0121. The first kappa shape index (κ1) is 9.55. The molecule has 0 N–H and O–H groups in total. The Morgan fingerprint density at radius 3 is 2.25 bits per heavy atom. The molecule has 2 atom stereocenters. The number of epoxide rings is 1. The van der Waals surface area contributed by atoms with E-state index in [4.69, 9.17) is 4.74 Å². The van der Waals surface area contributed by atoms with E-state index in [-0.39, 0.29) is 18.0 Å². The molecule has 0 radical (unpaired) electrons. The largest absolute Gasteiger partial charge is 0.359 e. The Morgan fingerprint density at radius 1 is 0.812 bits per heavy atom. The monoisotopic (exact) mass is 214 g/mol. The first-order valence-electron chi connectivity index (χ1n) is 5.30. The summed E-state index contributed by atoms with van der Waals surface area (Å²) in [5.41, 5.74) is 2.06. The van der Waals surface area contributed by atoms with E-state index in [0.29, 0.717) is 0 Å². The highest BCUT2D eigenvalue weighted by Crippen LogP contribution is 2.50. The molecule has 2 aromatic rings. The van der Waals surface area contributed by atoms with Gasteiger partial charge in [-0.25, -0.2) is 4.39 Å². The fraction of sp³-hybridized carbons (Fsp3) is 0.143. The Labute approximate surface area is 93.5 Å². The topological polar surface area (TPSA) is 12.5 Å². The van der Waals surface area contributed by atoms with Crippen LogP contribution in [0.1, 0.15) is 23.3 Å². The predicted octanol–water partition coefficient (Wildman–Crippen LogP) is 3.64. The quantitative estimate of drug-likeness (QED) is 0.695. The third-order valence-electron chi connectivity index (χ3n) is 2.80. The molecule has 1 aliphatic rings. The molecule has 16 heavy (non-hydrogen) atoms. The van der Waals surface area contributed by atoms with Gasteiger partial charge in [-0.15, -0.1) is 0 Å². The number of halogens is 1. The molecule has 0 spiro atoms. The van der Waals surface area contributed by atoms with Crippen LogP contribution in [0.2, 0.25) is 0 Å². The van der Waals surface area contributed by atoms with Gasteiger partial charge in [0, 0.05) is 0 Å². The Hall–Kier alpha value is -1.67. The van der Waals surface area contributed by atoms with Crippen LogP contribution in [-0.4, -0.2) is 0 Å². The first-order valence-corrected chi connectivity index (χ1v) is 5.30. The van der Waals surface area contributed by atoms with Crippen LogP contribution in [0.4, 0.5) is 4.39 Å². The summed E-state index contributed by atoms with van der Waals surface area (Å²) < 4.78 is 18.6. The Kier molecular flexibility index (Phi) is 2.22. The van der Waals surface area contributed by atoms with E-state index in [9.17, 15) is 4.39 Å². The zero-order valence-electron chi connectivity index (χ0n) is 8.64. The lowest BCUT2D eigenvalue weighted by Crippen LogP contribution is -1.85. The second-order valence-corrected chi connectivity index (χ2v) is 3.94. The van der Waals surface area contributed by atoms with Crippen LogP contribution in [0.25, 0.3) is 0 Å². The fourth-order valence-electron chi connectivity index (χ4n) is 1.95. The molecule has 0 saturated carbocycles. The molecule has 0 aliphatic carbocycles. The summed E-state index contributed by atoms with van der Waals surface area (Å²) in [7, 11) is 0. The van der Waals surface area contributed by atoms with E-state index in [1.165, 1.54) is 12.1 Å². The lowest BCUT2D eigenvalue weighted by atomic mass is 10.0. The van der Waals surface area contributed by atoms with Gasteiger partial charge in [0.2, 0.25) is 0 Å². The van der Waals surface area contributed by atoms with Gasteiger partial charge in [-0.1, -0.05) is 42.5 Å². The van der Waals surface area contributed by atoms with Crippen molar-refractivity contribution in [3.63, 3.8) is 0 Å². The number of rotatable bonds is 2. The molecule has 1 aliphatic heterocycles. The molecule has 0 aromatic heterocycles. The highest BCUT2D eigenvalue weighted by atomic mass is 19.1. The molecule has 1 heterocycles. The normalized spacial score (nSPS) is 23.1. The highest BCUT2D eigenvalue weighted by Gasteiger charge is 2.41. The van der Waals surface area contributed by atoms with Crippen LogP contribution in [0, 0.1) is 5.82 Å². The van der Waals surface area contributed by atoms with Gasteiger partial charge in [0.05, 0.1) is 0 Å². The second kappa shape index (κ2) is 3.72. The molecule has 1 fully saturated rings. The molecule has 1 nitrogen and oxygen atoms in total. The average Bonchev–Trinajstić information content (AvgIpc) is 3.10. The van der Waals surface area contributed by atoms with Gasteiger partial charge in [-0.2, -0.15) is 0 Å². The maximum atomic E-state index is 13.0. The Bertz CT molecular complexity index is 495. The van der Waals surface area contributed by atoms with E-state index in [0.717, 1.165) is 11.1 Å². The molecule has 2 aromatic carbocycles. The molecule has 1 saturated heterocycles. The van der Waals surface area contributed by atoms with E-state index in [1.54, 1.807) is 6.07 Å². The van der Waals surface area contributed by atoms with Gasteiger partial charge in [0.25, 0.3) is 0 Å². The minimum atomic E-state index is -0.209. The molecule has 2 heteroatoms. The second-order valence-electron chi connectivity index (χ2n) is 3.94. The molecule has 3 rings (SSSR count). The standard InChI is InChI=1S/C14H11FO/c15-12-8-4-7-11(9-12)14-13(16-14)10-5-2-1-3-6-10/h1-9,13-14H. The van der Waals surface area contributed by atoms with E-state index in [2.05, 4.69) is 0 Å². The van der Waals surface area contributed by atoms with Crippen LogP contribution in [-0.2, 0) is 4.74 Å². The van der Waals surface area contributed by atoms with Crippen molar-refractivity contribution in [1.29, 1.82) is 0 Å². The number of ether oxygens (including phenoxy) is 1. The van der Waals surface area contributed by atoms with E-state index >= 15 is 0 Å². The zero-order valence-corrected chi connectivity index (χ0v) is 8.64. The minimum Gasteiger partial charge on any atom is -0.359 e. The smallest absolute Gasteiger partial charge is 0.123 e. The summed E-state index contributed by atoms with van der Waals surface area (Å²) in [6, 6.07) is 16.6. The molecular formula is C14H11FO. The Balaban J connectivity index is 1.82. The van der Waals surface area contributed by atoms with Crippen molar-refractivity contribution in [1.82, 2.24) is 0 Å². The number of hydrogen-bond acceptors (Lipinski definition) is 1. The van der Waals surface area contributed by atoms with E-state index < -0.39 is 0 Å². The zero-order chi connectivity index (χ0) is 11.0. The van der Waals surface area contributed by atoms with Crippen molar-refractivity contribution in [2.75, 3.05) is 0 Å². The molecule has 80 valence electrons. The summed E-state index contributed by atoms with van der Waals surface area (Å²) >= 11 is 0. The maximum Gasteiger partial charge on any atom is 0.123 e. The van der Waals surface area contributed by atoms with Crippen molar-refractivity contribution in [2.45, 2.75) is 12.2 Å². The SMILES string of the molecule is Fc1cccc(C2OC2c2ccccc2)c1. The lowest BCUT2D eigenvalue weighted by Gasteiger charge is -1.96. The highest BCUT2D eigenvalue weighted by molar-refractivity contribution is 5.30.